The molecule has 0 radical (unpaired) electrons. The molecule has 2 N–H and O–H groups in total. The molecule has 17 heavy (non-hydrogen) atoms. The molecule has 3 heteroatoms. The van der Waals surface area contributed by atoms with Crippen molar-refractivity contribution in [3.8, 4) is 0 Å². The van der Waals surface area contributed by atoms with Gasteiger partial charge in [-0.25, -0.2) is 0 Å². The van der Waals surface area contributed by atoms with E-state index in [1.165, 1.54) is 19.3 Å². The maximum absolute atomic E-state index is 12.0. The van der Waals surface area contributed by atoms with Crippen molar-refractivity contribution >= 4 is 5.91 Å². The van der Waals surface area contributed by atoms with Crippen molar-refractivity contribution in [2.75, 3.05) is 19.6 Å². The fraction of sp³-hybridized carbons (Fsp3) is 0.929. The van der Waals surface area contributed by atoms with Gasteiger partial charge >= 0.3 is 0 Å². The van der Waals surface area contributed by atoms with Gasteiger partial charge in [-0.15, -0.1) is 0 Å². The van der Waals surface area contributed by atoms with E-state index in [9.17, 15) is 4.79 Å². The molecule has 1 aliphatic rings. The summed E-state index contributed by atoms with van der Waals surface area (Å²) in [6.07, 6.45) is 6.84. The van der Waals surface area contributed by atoms with E-state index < -0.39 is 0 Å². The van der Waals surface area contributed by atoms with Gasteiger partial charge in [0.15, 0.2) is 0 Å². The lowest BCUT2D eigenvalue weighted by Crippen LogP contribution is -2.40. The van der Waals surface area contributed by atoms with E-state index in [4.69, 9.17) is 0 Å². The van der Waals surface area contributed by atoms with Crippen LogP contribution in [0.15, 0.2) is 0 Å². The smallest absolute Gasteiger partial charge is 0.223 e. The van der Waals surface area contributed by atoms with Gasteiger partial charge in [-0.3, -0.25) is 4.79 Å². The molecule has 1 aliphatic heterocycles. The van der Waals surface area contributed by atoms with Gasteiger partial charge in [-0.1, -0.05) is 26.7 Å². The molecule has 0 aromatic rings. The molecule has 0 aliphatic carbocycles. The number of hydrogen-bond donors (Lipinski definition) is 2. The monoisotopic (exact) mass is 240 g/mol. The van der Waals surface area contributed by atoms with E-state index in [2.05, 4.69) is 24.5 Å². The van der Waals surface area contributed by atoms with Gasteiger partial charge in [-0.2, -0.15) is 0 Å². The summed E-state index contributed by atoms with van der Waals surface area (Å²) in [5, 5.41) is 6.52. The van der Waals surface area contributed by atoms with Crippen molar-refractivity contribution in [3.63, 3.8) is 0 Å². The minimum atomic E-state index is 0.228. The lowest BCUT2D eigenvalue weighted by atomic mass is 9.96. The maximum Gasteiger partial charge on any atom is 0.223 e. The number of rotatable bonds is 7. The molecule has 1 saturated heterocycles. The first-order valence-electron chi connectivity index (χ1n) is 7.26. The minimum Gasteiger partial charge on any atom is -0.356 e. The highest BCUT2D eigenvalue weighted by Crippen LogP contribution is 2.13. The van der Waals surface area contributed by atoms with Crippen LogP contribution in [-0.4, -0.2) is 25.5 Å². The van der Waals surface area contributed by atoms with Crippen molar-refractivity contribution in [2.45, 2.75) is 52.4 Å². The quantitative estimate of drug-likeness (QED) is 0.717. The highest BCUT2D eigenvalue weighted by atomic mass is 16.1. The second kappa shape index (κ2) is 8.51. The summed E-state index contributed by atoms with van der Waals surface area (Å²) >= 11 is 0. The summed E-state index contributed by atoms with van der Waals surface area (Å²) in [4.78, 5) is 12.0. The summed E-state index contributed by atoms with van der Waals surface area (Å²) in [5.74, 6) is 1.13. The zero-order valence-electron chi connectivity index (χ0n) is 11.4. The average Bonchev–Trinajstić information content (AvgIpc) is 2.38. The Kier molecular flexibility index (Phi) is 7.25. The SMILES string of the molecule is CCCCC(CC)C(=O)NCC1CCCNC1. The molecule has 1 fully saturated rings. The molecule has 0 aromatic carbocycles. The van der Waals surface area contributed by atoms with Crippen LogP contribution in [0, 0.1) is 11.8 Å². The van der Waals surface area contributed by atoms with Gasteiger partial charge < -0.3 is 10.6 Å². The Morgan fingerprint density at radius 1 is 1.47 bits per heavy atom. The zero-order chi connectivity index (χ0) is 12.5. The first kappa shape index (κ1) is 14.5. The van der Waals surface area contributed by atoms with Gasteiger partial charge in [0.25, 0.3) is 0 Å². The highest BCUT2D eigenvalue weighted by Gasteiger charge is 2.18. The molecule has 1 amide bonds. The number of nitrogens with one attached hydrogen (secondary N) is 2. The van der Waals surface area contributed by atoms with Crippen molar-refractivity contribution in [2.24, 2.45) is 11.8 Å². The van der Waals surface area contributed by atoms with E-state index in [0.29, 0.717) is 5.92 Å². The third kappa shape index (κ3) is 5.53. The van der Waals surface area contributed by atoms with E-state index in [-0.39, 0.29) is 11.8 Å². The molecule has 2 unspecified atom stereocenters. The first-order valence-corrected chi connectivity index (χ1v) is 7.26. The fourth-order valence-electron chi connectivity index (χ4n) is 2.46. The van der Waals surface area contributed by atoms with Crippen LogP contribution in [0.1, 0.15) is 52.4 Å². The van der Waals surface area contributed by atoms with Crippen LogP contribution in [0.4, 0.5) is 0 Å². The number of amides is 1. The third-order valence-corrected chi connectivity index (χ3v) is 3.73. The third-order valence-electron chi connectivity index (χ3n) is 3.73. The molecule has 0 aromatic heterocycles. The molecule has 0 saturated carbocycles. The summed E-state index contributed by atoms with van der Waals surface area (Å²) in [6, 6.07) is 0. The topological polar surface area (TPSA) is 41.1 Å². The number of carbonyl (C=O) groups is 1. The number of carbonyl (C=O) groups excluding carboxylic acids is 1. The highest BCUT2D eigenvalue weighted by molar-refractivity contribution is 5.78. The second-order valence-corrected chi connectivity index (χ2v) is 5.20. The molecule has 1 rings (SSSR count). The van der Waals surface area contributed by atoms with Crippen LogP contribution in [0.2, 0.25) is 0 Å². The Hall–Kier alpha value is -0.570. The Labute approximate surface area is 106 Å². The lowest BCUT2D eigenvalue weighted by molar-refractivity contribution is -0.125. The fourth-order valence-corrected chi connectivity index (χ4v) is 2.46. The predicted molar refractivity (Wildman–Crippen MR) is 71.9 cm³/mol. The molecular formula is C14H28N2O. The normalized spacial score (nSPS) is 22.1. The van der Waals surface area contributed by atoms with Crippen LogP contribution in [0.3, 0.4) is 0 Å². The molecule has 2 atom stereocenters. The number of hydrogen-bond acceptors (Lipinski definition) is 2. The van der Waals surface area contributed by atoms with Crippen LogP contribution in [0.25, 0.3) is 0 Å². The lowest BCUT2D eigenvalue weighted by Gasteiger charge is -2.24. The van der Waals surface area contributed by atoms with Crippen molar-refractivity contribution in [1.29, 1.82) is 0 Å². The van der Waals surface area contributed by atoms with Crippen molar-refractivity contribution in [3.05, 3.63) is 0 Å². The molecular weight excluding hydrogens is 212 g/mol. The molecule has 0 bridgehead atoms. The van der Waals surface area contributed by atoms with E-state index in [0.717, 1.165) is 38.9 Å². The van der Waals surface area contributed by atoms with Gasteiger partial charge in [0.05, 0.1) is 0 Å². The van der Waals surface area contributed by atoms with E-state index >= 15 is 0 Å². The largest absolute Gasteiger partial charge is 0.356 e. The number of unbranched alkanes of at least 4 members (excludes halogenated alkanes) is 1. The van der Waals surface area contributed by atoms with E-state index in [1.54, 1.807) is 0 Å². The van der Waals surface area contributed by atoms with Crippen LogP contribution >= 0.6 is 0 Å². The Bertz CT molecular complexity index is 212. The Morgan fingerprint density at radius 3 is 2.88 bits per heavy atom. The van der Waals surface area contributed by atoms with Gasteiger partial charge in [-0.05, 0) is 44.7 Å². The van der Waals surface area contributed by atoms with Gasteiger partial charge in [0.1, 0.15) is 0 Å². The van der Waals surface area contributed by atoms with Crippen LogP contribution in [-0.2, 0) is 4.79 Å². The minimum absolute atomic E-state index is 0.228. The zero-order valence-corrected chi connectivity index (χ0v) is 11.4. The maximum atomic E-state index is 12.0. The summed E-state index contributed by atoms with van der Waals surface area (Å²) in [5.41, 5.74) is 0. The van der Waals surface area contributed by atoms with Crippen molar-refractivity contribution < 1.29 is 4.79 Å². The molecule has 0 spiro atoms. The number of piperidine rings is 1. The van der Waals surface area contributed by atoms with Gasteiger partial charge in [0, 0.05) is 12.5 Å². The molecule has 1 heterocycles. The molecule has 100 valence electrons. The van der Waals surface area contributed by atoms with Gasteiger partial charge in [0.2, 0.25) is 5.91 Å². The summed E-state index contributed by atoms with van der Waals surface area (Å²) < 4.78 is 0. The van der Waals surface area contributed by atoms with Crippen LogP contribution in [0.5, 0.6) is 0 Å². The molecule has 3 nitrogen and oxygen atoms in total. The summed E-state index contributed by atoms with van der Waals surface area (Å²) in [7, 11) is 0. The van der Waals surface area contributed by atoms with E-state index in [1.807, 2.05) is 0 Å². The first-order chi connectivity index (χ1) is 8.27. The Morgan fingerprint density at radius 2 is 2.29 bits per heavy atom. The standard InChI is InChI=1S/C14H28N2O/c1-3-5-8-13(4-2)14(17)16-11-12-7-6-9-15-10-12/h12-13,15H,3-11H2,1-2H3,(H,16,17). The summed E-state index contributed by atoms with van der Waals surface area (Å²) in [6.45, 7) is 7.35. The van der Waals surface area contributed by atoms with Crippen molar-refractivity contribution in [1.82, 2.24) is 10.6 Å². The Balaban J connectivity index is 2.21. The second-order valence-electron chi connectivity index (χ2n) is 5.20. The predicted octanol–water partition coefficient (Wildman–Crippen LogP) is 2.32. The average molecular weight is 240 g/mol. The van der Waals surface area contributed by atoms with Crippen LogP contribution < -0.4 is 10.6 Å².